The molecule has 0 aliphatic heterocycles. The summed E-state index contributed by atoms with van der Waals surface area (Å²) in [6, 6.07) is 10.8. The molecule has 1 N–H and O–H groups in total. The quantitative estimate of drug-likeness (QED) is 0.827. The van der Waals surface area contributed by atoms with Crippen LogP contribution in [0.5, 0.6) is 0 Å². The smallest absolute Gasteiger partial charge is 0.344 e. The van der Waals surface area contributed by atoms with Gasteiger partial charge in [0, 0.05) is 6.54 Å². The molecule has 0 aromatic heterocycles. The van der Waals surface area contributed by atoms with Crippen LogP contribution in [0, 0.1) is 18.6 Å². The fourth-order valence-electron chi connectivity index (χ4n) is 2.17. The van der Waals surface area contributed by atoms with Gasteiger partial charge in [0.2, 0.25) is 0 Å². The van der Waals surface area contributed by atoms with Crippen LogP contribution in [0.3, 0.4) is 0 Å². The number of hydrogen-bond acceptors (Lipinski definition) is 3. The van der Waals surface area contributed by atoms with Gasteiger partial charge in [-0.1, -0.05) is 30.3 Å². The molecule has 0 saturated carbocycles. The van der Waals surface area contributed by atoms with Gasteiger partial charge in [0.05, 0.1) is 0 Å². The summed E-state index contributed by atoms with van der Waals surface area (Å²) in [6.07, 6.45) is 0.633. The van der Waals surface area contributed by atoms with Crippen molar-refractivity contribution >= 4 is 11.9 Å². The molecular formula is C18H17F2NO3. The van der Waals surface area contributed by atoms with Gasteiger partial charge in [-0.3, -0.25) is 4.79 Å². The zero-order valence-electron chi connectivity index (χ0n) is 13.1. The van der Waals surface area contributed by atoms with Crippen molar-refractivity contribution < 1.29 is 23.1 Å². The van der Waals surface area contributed by atoms with Crippen LogP contribution in [-0.4, -0.2) is 25.0 Å². The third kappa shape index (κ3) is 4.62. The Labute approximate surface area is 138 Å². The average Bonchev–Trinajstić information content (AvgIpc) is 2.54. The van der Waals surface area contributed by atoms with Crippen LogP contribution in [0.25, 0.3) is 0 Å². The van der Waals surface area contributed by atoms with E-state index >= 15 is 0 Å². The van der Waals surface area contributed by atoms with E-state index in [-0.39, 0.29) is 0 Å². The highest BCUT2D eigenvalue weighted by Crippen LogP contribution is 2.13. The van der Waals surface area contributed by atoms with E-state index in [4.69, 9.17) is 0 Å². The second-order valence-corrected chi connectivity index (χ2v) is 5.20. The number of benzene rings is 2. The number of esters is 1. The molecule has 0 spiro atoms. The summed E-state index contributed by atoms with van der Waals surface area (Å²) < 4.78 is 31.5. The molecule has 0 saturated heterocycles. The summed E-state index contributed by atoms with van der Waals surface area (Å²) in [4.78, 5) is 23.3. The second kappa shape index (κ2) is 8.19. The first-order chi connectivity index (χ1) is 11.5. The summed E-state index contributed by atoms with van der Waals surface area (Å²) in [5.41, 5.74) is 1.42. The van der Waals surface area contributed by atoms with Gasteiger partial charge in [0.1, 0.15) is 17.2 Å². The Morgan fingerprint density at radius 1 is 1.04 bits per heavy atom. The first-order valence-electron chi connectivity index (χ1n) is 7.41. The van der Waals surface area contributed by atoms with Gasteiger partial charge >= 0.3 is 5.97 Å². The van der Waals surface area contributed by atoms with Crippen molar-refractivity contribution in [1.29, 1.82) is 0 Å². The Hall–Kier alpha value is -2.76. The van der Waals surface area contributed by atoms with Crippen molar-refractivity contribution in [2.75, 3.05) is 13.2 Å². The number of nitrogens with one attached hydrogen (secondary N) is 1. The van der Waals surface area contributed by atoms with E-state index in [1.807, 2.05) is 31.2 Å². The summed E-state index contributed by atoms with van der Waals surface area (Å²) in [5, 5.41) is 2.59. The van der Waals surface area contributed by atoms with Gasteiger partial charge in [-0.15, -0.1) is 0 Å². The lowest BCUT2D eigenvalue weighted by Crippen LogP contribution is -2.30. The van der Waals surface area contributed by atoms with E-state index in [9.17, 15) is 18.4 Å². The third-order valence-electron chi connectivity index (χ3n) is 3.48. The Balaban J connectivity index is 1.79. The van der Waals surface area contributed by atoms with Crippen molar-refractivity contribution in [2.45, 2.75) is 13.3 Å². The maximum atomic E-state index is 13.4. The van der Waals surface area contributed by atoms with Crippen LogP contribution in [0.1, 0.15) is 21.5 Å². The molecule has 0 fully saturated rings. The average molecular weight is 333 g/mol. The van der Waals surface area contributed by atoms with Crippen molar-refractivity contribution in [3.8, 4) is 0 Å². The molecule has 0 unspecified atom stereocenters. The number of amides is 1. The molecule has 0 radical (unpaired) electrons. The van der Waals surface area contributed by atoms with Gasteiger partial charge in [0.15, 0.2) is 6.61 Å². The van der Waals surface area contributed by atoms with Crippen molar-refractivity contribution in [2.24, 2.45) is 0 Å². The molecule has 2 aromatic carbocycles. The van der Waals surface area contributed by atoms with Crippen LogP contribution < -0.4 is 5.32 Å². The predicted molar refractivity (Wildman–Crippen MR) is 84.5 cm³/mol. The van der Waals surface area contributed by atoms with E-state index in [2.05, 4.69) is 10.1 Å². The second-order valence-electron chi connectivity index (χ2n) is 5.20. The highest BCUT2D eigenvalue weighted by Gasteiger charge is 2.19. The Morgan fingerprint density at radius 3 is 2.38 bits per heavy atom. The minimum absolute atomic E-state index is 0.370. The van der Waals surface area contributed by atoms with E-state index < -0.39 is 35.7 Å². The zero-order valence-corrected chi connectivity index (χ0v) is 13.1. The van der Waals surface area contributed by atoms with Crippen LogP contribution in [0.15, 0.2) is 42.5 Å². The number of rotatable bonds is 6. The molecule has 0 atom stereocenters. The fourth-order valence-corrected chi connectivity index (χ4v) is 2.17. The lowest BCUT2D eigenvalue weighted by Gasteiger charge is -2.09. The molecule has 2 rings (SSSR count). The lowest BCUT2D eigenvalue weighted by atomic mass is 10.1. The van der Waals surface area contributed by atoms with E-state index in [0.29, 0.717) is 13.0 Å². The van der Waals surface area contributed by atoms with Crippen LogP contribution in [0.4, 0.5) is 8.78 Å². The van der Waals surface area contributed by atoms with Gasteiger partial charge < -0.3 is 10.1 Å². The summed E-state index contributed by atoms with van der Waals surface area (Å²) in [7, 11) is 0. The molecule has 4 nitrogen and oxygen atoms in total. The molecule has 2 aromatic rings. The minimum Gasteiger partial charge on any atom is -0.452 e. The van der Waals surface area contributed by atoms with Crippen molar-refractivity contribution in [3.05, 3.63) is 70.8 Å². The van der Waals surface area contributed by atoms with E-state index in [1.165, 1.54) is 0 Å². The molecule has 6 heteroatoms. The van der Waals surface area contributed by atoms with Crippen molar-refractivity contribution in [3.63, 3.8) is 0 Å². The Bertz CT molecular complexity index is 727. The SMILES string of the molecule is Cc1ccccc1CCNC(=O)COC(=O)c1c(F)cccc1F. The Morgan fingerprint density at radius 2 is 1.71 bits per heavy atom. The number of carbonyl (C=O) groups is 2. The molecule has 126 valence electrons. The molecular weight excluding hydrogens is 316 g/mol. The van der Waals surface area contributed by atoms with Crippen LogP contribution in [0.2, 0.25) is 0 Å². The molecule has 1 amide bonds. The maximum absolute atomic E-state index is 13.4. The normalized spacial score (nSPS) is 10.3. The molecule has 0 heterocycles. The predicted octanol–water partition coefficient (Wildman–Crippen LogP) is 2.79. The standard InChI is InChI=1S/C18H17F2NO3/c1-12-5-2-3-6-13(12)9-10-21-16(22)11-24-18(23)17-14(19)7-4-8-15(17)20/h2-8H,9-11H2,1H3,(H,21,22). The molecule has 24 heavy (non-hydrogen) atoms. The van der Waals surface area contributed by atoms with Crippen LogP contribution in [-0.2, 0) is 16.0 Å². The topological polar surface area (TPSA) is 55.4 Å². The van der Waals surface area contributed by atoms with Gasteiger partial charge in [-0.25, -0.2) is 13.6 Å². The third-order valence-corrected chi connectivity index (χ3v) is 3.48. The highest BCUT2D eigenvalue weighted by molar-refractivity contribution is 5.91. The van der Waals surface area contributed by atoms with E-state index in [0.717, 1.165) is 29.3 Å². The van der Waals surface area contributed by atoms with E-state index in [1.54, 1.807) is 0 Å². The first-order valence-corrected chi connectivity index (χ1v) is 7.41. The lowest BCUT2D eigenvalue weighted by molar-refractivity contribution is -0.124. The zero-order chi connectivity index (χ0) is 17.5. The molecule has 0 aliphatic carbocycles. The van der Waals surface area contributed by atoms with Crippen LogP contribution >= 0.6 is 0 Å². The highest BCUT2D eigenvalue weighted by atomic mass is 19.1. The number of aryl methyl sites for hydroxylation is 1. The largest absolute Gasteiger partial charge is 0.452 e. The molecule has 0 bridgehead atoms. The summed E-state index contributed by atoms with van der Waals surface area (Å²) in [5.74, 6) is -3.80. The Kier molecular flexibility index (Phi) is 6.01. The fraction of sp³-hybridized carbons (Fsp3) is 0.222. The number of ether oxygens (including phenoxy) is 1. The monoisotopic (exact) mass is 333 g/mol. The number of carbonyl (C=O) groups excluding carboxylic acids is 2. The molecule has 0 aliphatic rings. The summed E-state index contributed by atoms with van der Waals surface area (Å²) in [6.45, 7) is 1.75. The van der Waals surface area contributed by atoms with Crippen molar-refractivity contribution in [1.82, 2.24) is 5.32 Å². The van der Waals surface area contributed by atoms with Gasteiger partial charge in [-0.2, -0.15) is 0 Å². The number of halogens is 2. The minimum atomic E-state index is -1.21. The number of hydrogen-bond donors (Lipinski definition) is 1. The van der Waals surface area contributed by atoms with Gasteiger partial charge in [-0.05, 0) is 36.6 Å². The maximum Gasteiger partial charge on any atom is 0.344 e. The van der Waals surface area contributed by atoms with Gasteiger partial charge in [0.25, 0.3) is 5.91 Å². The summed E-state index contributed by atoms with van der Waals surface area (Å²) >= 11 is 0. The first kappa shape index (κ1) is 17.6.